The third-order valence-corrected chi connectivity index (χ3v) is 6.91. The molecule has 0 aromatic carbocycles. The van der Waals surface area contributed by atoms with Gasteiger partial charge in [-0.1, -0.05) is 0 Å². The summed E-state index contributed by atoms with van der Waals surface area (Å²) in [5, 5.41) is 3.85. The summed E-state index contributed by atoms with van der Waals surface area (Å²) in [4.78, 5) is 15.1. The van der Waals surface area contributed by atoms with Crippen LogP contribution in [0.25, 0.3) is 0 Å². The summed E-state index contributed by atoms with van der Waals surface area (Å²) in [7, 11) is 2.22. The standard InChI is InChI=1S/C31H67N7/c1-22(2)35(23(3)4)30(36(24(5)6)25(7)8)32-18-20-34(17)21-19-33-31(37(26(9)10)27(11)12)38(28(13)14)29(15)16/h22-29H,18-21H2,1-17H3/p+1. The summed E-state index contributed by atoms with van der Waals surface area (Å²) in [6.07, 6.45) is 0. The summed E-state index contributed by atoms with van der Waals surface area (Å²) in [6, 6.07) is 3.32. The van der Waals surface area contributed by atoms with Crippen molar-refractivity contribution in [2.75, 3.05) is 33.2 Å². The van der Waals surface area contributed by atoms with Gasteiger partial charge < -0.3 is 14.7 Å². The van der Waals surface area contributed by atoms with E-state index in [2.05, 4.69) is 147 Å². The Bertz CT molecular complexity index is 649. The van der Waals surface area contributed by atoms with Gasteiger partial charge in [-0.2, -0.15) is 0 Å². The second kappa shape index (κ2) is 17.2. The van der Waals surface area contributed by atoms with Gasteiger partial charge in [-0.25, -0.2) is 0 Å². The smallest absolute Gasteiger partial charge is 0.338 e. The number of hydrogen-bond donors (Lipinski definition) is 1. The lowest BCUT2D eigenvalue weighted by Crippen LogP contribution is -2.56. The van der Waals surface area contributed by atoms with Crippen molar-refractivity contribution in [2.24, 2.45) is 4.99 Å². The van der Waals surface area contributed by atoms with Crippen molar-refractivity contribution >= 4 is 11.9 Å². The number of nitrogens with zero attached hydrogens (tertiary/aromatic N) is 6. The van der Waals surface area contributed by atoms with Crippen LogP contribution in [0.1, 0.15) is 111 Å². The van der Waals surface area contributed by atoms with Crippen LogP contribution in [0.15, 0.2) is 4.99 Å². The molecule has 0 unspecified atom stereocenters. The topological polar surface area (TPSA) is 40.4 Å². The number of likely N-dealkylation sites (N-methyl/N-ethyl adjacent to an activating group) is 1. The number of guanidine groups is 2. The van der Waals surface area contributed by atoms with Crippen LogP contribution in [0.3, 0.4) is 0 Å². The monoisotopic (exact) mass is 539 g/mol. The molecular weight excluding hydrogens is 470 g/mol. The van der Waals surface area contributed by atoms with E-state index >= 15 is 0 Å². The Hall–Kier alpha value is -1.50. The van der Waals surface area contributed by atoms with Crippen LogP contribution < -0.4 is 5.32 Å². The summed E-state index contributed by atoms with van der Waals surface area (Å²) in [5.74, 6) is 2.39. The van der Waals surface area contributed by atoms with E-state index in [1.54, 1.807) is 0 Å². The Morgan fingerprint density at radius 3 is 1.26 bits per heavy atom. The SMILES string of the molecule is CC(C)N(C(=NCCN(C)CCNC(N(C(C)C)C(C)C)=[N+](C(C)C)C(C)C)N(C(C)C)C(C)C)C(C)C. The Labute approximate surface area is 238 Å². The highest BCUT2D eigenvalue weighted by atomic mass is 15.4. The quantitative estimate of drug-likeness (QED) is 0.182. The van der Waals surface area contributed by atoms with Crippen LogP contribution in [0.2, 0.25) is 0 Å². The molecule has 0 aromatic heterocycles. The molecule has 0 aliphatic heterocycles. The predicted octanol–water partition coefficient (Wildman–Crippen LogP) is 5.41. The van der Waals surface area contributed by atoms with Crippen molar-refractivity contribution in [3.05, 3.63) is 0 Å². The van der Waals surface area contributed by atoms with E-state index in [1.165, 1.54) is 5.96 Å². The molecule has 7 nitrogen and oxygen atoms in total. The fraction of sp³-hybridized carbons (Fsp3) is 0.935. The fourth-order valence-electron chi connectivity index (χ4n) is 5.69. The van der Waals surface area contributed by atoms with Gasteiger partial charge in [-0.3, -0.25) is 19.8 Å². The van der Waals surface area contributed by atoms with Gasteiger partial charge in [0, 0.05) is 37.3 Å². The highest BCUT2D eigenvalue weighted by Crippen LogP contribution is 2.16. The first-order chi connectivity index (χ1) is 17.4. The van der Waals surface area contributed by atoms with Gasteiger partial charge in [-0.15, -0.1) is 0 Å². The van der Waals surface area contributed by atoms with E-state index in [-0.39, 0.29) is 0 Å². The first-order valence-corrected chi connectivity index (χ1v) is 15.4. The average molecular weight is 539 g/mol. The Morgan fingerprint density at radius 1 is 0.579 bits per heavy atom. The lowest BCUT2D eigenvalue weighted by molar-refractivity contribution is -0.594. The van der Waals surface area contributed by atoms with Gasteiger partial charge in [0.25, 0.3) is 0 Å². The van der Waals surface area contributed by atoms with Crippen molar-refractivity contribution in [1.29, 1.82) is 0 Å². The van der Waals surface area contributed by atoms with E-state index in [1.807, 2.05) is 0 Å². The molecule has 38 heavy (non-hydrogen) atoms. The first kappa shape index (κ1) is 36.5. The lowest BCUT2D eigenvalue weighted by atomic mass is 10.2. The largest absolute Gasteiger partial charge is 0.348 e. The Balaban J connectivity index is 5.70. The molecule has 0 rings (SSSR count). The van der Waals surface area contributed by atoms with Crippen molar-refractivity contribution in [3.8, 4) is 0 Å². The van der Waals surface area contributed by atoms with Crippen LogP contribution in [0.5, 0.6) is 0 Å². The normalized spacial score (nSPS) is 12.3. The molecule has 0 aromatic rings. The third-order valence-electron chi connectivity index (χ3n) is 6.91. The van der Waals surface area contributed by atoms with E-state index in [0.717, 1.165) is 32.1 Å². The third kappa shape index (κ3) is 11.3. The van der Waals surface area contributed by atoms with Crippen molar-refractivity contribution in [1.82, 2.24) is 24.9 Å². The van der Waals surface area contributed by atoms with Crippen molar-refractivity contribution in [2.45, 2.75) is 159 Å². The van der Waals surface area contributed by atoms with Crippen LogP contribution >= 0.6 is 0 Å². The lowest BCUT2D eigenvalue weighted by Gasteiger charge is -2.43. The molecule has 0 saturated heterocycles. The summed E-state index contributed by atoms with van der Waals surface area (Å²) in [6.45, 7) is 40.1. The maximum absolute atomic E-state index is 5.23. The van der Waals surface area contributed by atoms with E-state index < -0.39 is 0 Å². The molecule has 0 heterocycles. The molecule has 0 amide bonds. The van der Waals surface area contributed by atoms with Crippen molar-refractivity contribution < 1.29 is 4.58 Å². The van der Waals surface area contributed by atoms with Crippen molar-refractivity contribution in [3.63, 3.8) is 0 Å². The Morgan fingerprint density at radius 2 is 0.947 bits per heavy atom. The molecule has 0 spiro atoms. The van der Waals surface area contributed by atoms with Gasteiger partial charge in [-0.05, 0) is 118 Å². The van der Waals surface area contributed by atoms with E-state index in [4.69, 9.17) is 4.99 Å². The van der Waals surface area contributed by atoms with Crippen LogP contribution in [0, 0.1) is 0 Å². The van der Waals surface area contributed by atoms with Gasteiger partial charge in [0.1, 0.15) is 0 Å². The summed E-state index contributed by atoms with van der Waals surface area (Å²) >= 11 is 0. The summed E-state index contributed by atoms with van der Waals surface area (Å²) < 4.78 is 2.52. The second-order valence-electron chi connectivity index (χ2n) is 13.1. The number of nitrogens with one attached hydrogen (secondary N) is 1. The Kier molecular flexibility index (Phi) is 16.6. The molecule has 0 atom stereocenters. The highest BCUT2D eigenvalue weighted by molar-refractivity contribution is 5.81. The number of rotatable bonds is 14. The highest BCUT2D eigenvalue weighted by Gasteiger charge is 2.30. The van der Waals surface area contributed by atoms with Gasteiger partial charge in [0.05, 0.1) is 37.3 Å². The maximum atomic E-state index is 5.23. The zero-order chi connectivity index (χ0) is 29.9. The van der Waals surface area contributed by atoms with Gasteiger partial charge in [0.15, 0.2) is 5.96 Å². The maximum Gasteiger partial charge on any atom is 0.348 e. The van der Waals surface area contributed by atoms with Gasteiger partial charge >= 0.3 is 5.96 Å². The minimum atomic E-state index is 0.402. The molecule has 226 valence electrons. The zero-order valence-corrected chi connectivity index (χ0v) is 28.6. The summed E-state index contributed by atoms with van der Waals surface area (Å²) in [5.41, 5.74) is 0. The molecular formula is C31H68N7+. The van der Waals surface area contributed by atoms with Crippen LogP contribution in [0.4, 0.5) is 0 Å². The first-order valence-electron chi connectivity index (χ1n) is 15.4. The molecule has 0 radical (unpaired) electrons. The molecule has 0 aliphatic carbocycles. The second-order valence-corrected chi connectivity index (χ2v) is 13.1. The molecule has 0 saturated carbocycles. The predicted molar refractivity (Wildman–Crippen MR) is 170 cm³/mol. The van der Waals surface area contributed by atoms with Gasteiger partial charge in [0.2, 0.25) is 0 Å². The molecule has 7 heteroatoms. The molecule has 0 fully saturated rings. The fourth-order valence-corrected chi connectivity index (χ4v) is 5.69. The minimum absolute atomic E-state index is 0.402. The van der Waals surface area contributed by atoms with E-state index in [0.29, 0.717) is 48.3 Å². The number of aliphatic imine (C=N–C) groups is 1. The van der Waals surface area contributed by atoms with Crippen LogP contribution in [-0.4, -0.2) is 118 Å². The van der Waals surface area contributed by atoms with E-state index in [9.17, 15) is 0 Å². The minimum Gasteiger partial charge on any atom is -0.338 e. The molecule has 0 bridgehead atoms. The molecule has 0 aliphatic rings. The zero-order valence-electron chi connectivity index (χ0n) is 28.6. The molecule has 1 N–H and O–H groups in total. The van der Waals surface area contributed by atoms with Crippen LogP contribution in [-0.2, 0) is 0 Å². The average Bonchev–Trinajstić information content (AvgIpc) is 2.71. The number of hydrogen-bond acceptors (Lipinski definition) is 2.